The van der Waals surface area contributed by atoms with Crippen molar-refractivity contribution >= 4 is 23.2 Å². The maximum Gasteiger partial charge on any atom is 0.335 e. The highest BCUT2D eigenvalue weighted by atomic mass is 32.1. The second kappa shape index (κ2) is 5.62. The number of hydrogen-bond acceptors (Lipinski definition) is 4. The van der Waals surface area contributed by atoms with Crippen molar-refractivity contribution < 1.29 is 14.7 Å². The van der Waals surface area contributed by atoms with Crippen LogP contribution in [-0.2, 0) is 6.54 Å². The minimum Gasteiger partial charge on any atom is -0.478 e. The molecule has 0 aliphatic carbocycles. The smallest absolute Gasteiger partial charge is 0.335 e. The summed E-state index contributed by atoms with van der Waals surface area (Å²) < 4.78 is 0. The van der Waals surface area contributed by atoms with E-state index in [9.17, 15) is 9.59 Å². The average molecular weight is 276 g/mol. The monoisotopic (exact) mass is 276 g/mol. The van der Waals surface area contributed by atoms with Crippen molar-refractivity contribution in [2.24, 2.45) is 0 Å². The number of nitrogens with one attached hydrogen (secondary N) is 1. The predicted octanol–water partition coefficient (Wildman–Crippen LogP) is 2.08. The molecule has 1 amide bonds. The van der Waals surface area contributed by atoms with Crippen LogP contribution >= 0.6 is 11.3 Å². The van der Waals surface area contributed by atoms with E-state index >= 15 is 0 Å². The van der Waals surface area contributed by atoms with Crippen LogP contribution in [0.4, 0.5) is 0 Å². The molecular weight excluding hydrogens is 264 g/mol. The highest BCUT2D eigenvalue weighted by molar-refractivity contribution is 7.09. The van der Waals surface area contributed by atoms with Gasteiger partial charge in [0.15, 0.2) is 0 Å². The van der Waals surface area contributed by atoms with E-state index in [0.717, 1.165) is 10.7 Å². The van der Waals surface area contributed by atoms with Crippen molar-refractivity contribution in [1.29, 1.82) is 0 Å². The molecule has 0 spiro atoms. The summed E-state index contributed by atoms with van der Waals surface area (Å²) in [5.41, 5.74) is 1.40. The zero-order valence-corrected chi connectivity index (χ0v) is 11.0. The molecule has 2 rings (SSSR count). The molecule has 1 aromatic carbocycles. The van der Waals surface area contributed by atoms with Gasteiger partial charge in [-0.1, -0.05) is 0 Å². The first-order chi connectivity index (χ1) is 9.06. The molecule has 0 atom stereocenters. The number of carbonyl (C=O) groups is 2. The number of rotatable bonds is 4. The van der Waals surface area contributed by atoms with Crippen LogP contribution < -0.4 is 5.32 Å². The van der Waals surface area contributed by atoms with E-state index in [1.165, 1.54) is 35.6 Å². The Bertz CT molecular complexity index is 605. The van der Waals surface area contributed by atoms with Gasteiger partial charge in [-0.2, -0.15) is 0 Å². The Morgan fingerprint density at radius 1 is 1.26 bits per heavy atom. The van der Waals surface area contributed by atoms with Gasteiger partial charge in [0.05, 0.1) is 22.8 Å². The molecule has 1 aromatic heterocycles. The van der Waals surface area contributed by atoms with Crippen molar-refractivity contribution in [1.82, 2.24) is 10.3 Å². The van der Waals surface area contributed by atoms with Gasteiger partial charge in [0.1, 0.15) is 0 Å². The molecule has 0 saturated heterocycles. The third kappa shape index (κ3) is 3.38. The van der Waals surface area contributed by atoms with Crippen LogP contribution in [0.1, 0.15) is 31.4 Å². The summed E-state index contributed by atoms with van der Waals surface area (Å²) >= 11 is 1.53. The van der Waals surface area contributed by atoms with E-state index in [1.54, 1.807) is 0 Å². The molecule has 98 valence electrons. The number of aromatic nitrogens is 1. The fraction of sp³-hybridized carbons (Fsp3) is 0.154. The zero-order valence-electron chi connectivity index (χ0n) is 10.2. The van der Waals surface area contributed by atoms with Crippen LogP contribution in [0, 0.1) is 6.92 Å². The summed E-state index contributed by atoms with van der Waals surface area (Å²) in [7, 11) is 0. The summed E-state index contributed by atoms with van der Waals surface area (Å²) in [6.07, 6.45) is 0. The van der Waals surface area contributed by atoms with Gasteiger partial charge in [0, 0.05) is 10.9 Å². The number of amides is 1. The maximum absolute atomic E-state index is 11.8. The van der Waals surface area contributed by atoms with Gasteiger partial charge in [-0.3, -0.25) is 4.79 Å². The molecule has 19 heavy (non-hydrogen) atoms. The van der Waals surface area contributed by atoms with E-state index in [0.29, 0.717) is 12.1 Å². The number of thiazole rings is 1. The second-order valence-corrected chi connectivity index (χ2v) is 4.99. The number of nitrogens with zero attached hydrogens (tertiary/aromatic N) is 1. The van der Waals surface area contributed by atoms with Crippen molar-refractivity contribution in [2.45, 2.75) is 13.5 Å². The normalized spacial score (nSPS) is 10.2. The van der Waals surface area contributed by atoms with E-state index in [2.05, 4.69) is 10.3 Å². The summed E-state index contributed by atoms with van der Waals surface area (Å²) in [5.74, 6) is -1.26. The van der Waals surface area contributed by atoms with Gasteiger partial charge in [0.2, 0.25) is 0 Å². The Morgan fingerprint density at radius 2 is 1.89 bits per heavy atom. The Labute approximate surface area is 113 Å². The molecule has 0 fully saturated rings. The lowest BCUT2D eigenvalue weighted by atomic mass is 10.1. The fourth-order valence-corrected chi connectivity index (χ4v) is 2.14. The maximum atomic E-state index is 11.8. The number of aromatic carboxylic acids is 1. The molecule has 1 heterocycles. The molecule has 0 bridgehead atoms. The Balaban J connectivity index is 1.98. The molecule has 0 saturated carbocycles. The number of hydrogen-bond donors (Lipinski definition) is 2. The third-order valence-corrected chi connectivity index (χ3v) is 3.31. The molecule has 0 aliphatic heterocycles. The van der Waals surface area contributed by atoms with E-state index < -0.39 is 5.97 Å². The lowest BCUT2D eigenvalue weighted by molar-refractivity contribution is 0.0696. The van der Waals surface area contributed by atoms with Crippen molar-refractivity contribution in [2.75, 3.05) is 0 Å². The van der Waals surface area contributed by atoms with Gasteiger partial charge < -0.3 is 10.4 Å². The van der Waals surface area contributed by atoms with E-state index in [1.807, 2.05) is 12.3 Å². The fourth-order valence-electron chi connectivity index (χ4n) is 1.53. The minimum absolute atomic E-state index is 0.159. The Morgan fingerprint density at radius 3 is 2.42 bits per heavy atom. The third-order valence-electron chi connectivity index (χ3n) is 2.49. The quantitative estimate of drug-likeness (QED) is 0.896. The SMILES string of the molecule is Cc1nc(CNC(=O)c2ccc(C(=O)O)cc2)cs1. The number of carboxylic acid groups (broad SMARTS) is 1. The molecule has 2 aromatic rings. The molecule has 0 radical (unpaired) electrons. The number of carboxylic acids is 1. The molecule has 0 aliphatic rings. The highest BCUT2D eigenvalue weighted by Crippen LogP contribution is 2.08. The second-order valence-electron chi connectivity index (χ2n) is 3.92. The van der Waals surface area contributed by atoms with Crippen LogP contribution in [0.5, 0.6) is 0 Å². The number of carbonyl (C=O) groups excluding carboxylic acids is 1. The highest BCUT2D eigenvalue weighted by Gasteiger charge is 2.08. The topological polar surface area (TPSA) is 79.3 Å². The first kappa shape index (κ1) is 13.2. The zero-order chi connectivity index (χ0) is 13.8. The van der Waals surface area contributed by atoms with Crippen LogP contribution in [-0.4, -0.2) is 22.0 Å². The van der Waals surface area contributed by atoms with Gasteiger partial charge in [-0.15, -0.1) is 11.3 Å². The largest absolute Gasteiger partial charge is 0.478 e. The summed E-state index contributed by atoms with van der Waals surface area (Å²) in [4.78, 5) is 26.8. The molecule has 0 unspecified atom stereocenters. The van der Waals surface area contributed by atoms with E-state index in [-0.39, 0.29) is 11.5 Å². The standard InChI is InChI=1S/C13H12N2O3S/c1-8-15-11(7-19-8)6-14-12(16)9-2-4-10(5-3-9)13(17)18/h2-5,7H,6H2,1H3,(H,14,16)(H,17,18). The van der Waals surface area contributed by atoms with E-state index in [4.69, 9.17) is 5.11 Å². The van der Waals surface area contributed by atoms with Crippen LogP contribution in [0.2, 0.25) is 0 Å². The van der Waals surface area contributed by atoms with Crippen LogP contribution in [0.3, 0.4) is 0 Å². The summed E-state index contributed by atoms with van der Waals surface area (Å²) in [6, 6.07) is 5.80. The first-order valence-electron chi connectivity index (χ1n) is 5.59. The number of benzene rings is 1. The van der Waals surface area contributed by atoms with Crippen molar-refractivity contribution in [3.63, 3.8) is 0 Å². The molecule has 5 nitrogen and oxygen atoms in total. The predicted molar refractivity (Wildman–Crippen MR) is 71.4 cm³/mol. The molecule has 6 heteroatoms. The van der Waals surface area contributed by atoms with Crippen molar-refractivity contribution in [3.05, 3.63) is 51.5 Å². The average Bonchev–Trinajstić information content (AvgIpc) is 2.82. The van der Waals surface area contributed by atoms with Gasteiger partial charge in [0.25, 0.3) is 5.91 Å². The van der Waals surface area contributed by atoms with Gasteiger partial charge >= 0.3 is 5.97 Å². The van der Waals surface area contributed by atoms with Gasteiger partial charge in [-0.05, 0) is 31.2 Å². The minimum atomic E-state index is -1.01. The Kier molecular flexibility index (Phi) is 3.91. The summed E-state index contributed by atoms with van der Waals surface area (Å²) in [5, 5.41) is 14.3. The molecule has 2 N–H and O–H groups in total. The lowest BCUT2D eigenvalue weighted by Gasteiger charge is -2.03. The van der Waals surface area contributed by atoms with Gasteiger partial charge in [-0.25, -0.2) is 9.78 Å². The molecular formula is C13H12N2O3S. The van der Waals surface area contributed by atoms with Crippen LogP contribution in [0.25, 0.3) is 0 Å². The first-order valence-corrected chi connectivity index (χ1v) is 6.47. The lowest BCUT2D eigenvalue weighted by Crippen LogP contribution is -2.23. The summed E-state index contributed by atoms with van der Waals surface area (Å²) in [6.45, 7) is 2.27. The van der Waals surface area contributed by atoms with Crippen molar-refractivity contribution in [3.8, 4) is 0 Å². The van der Waals surface area contributed by atoms with Crippen LogP contribution in [0.15, 0.2) is 29.6 Å². The Hall–Kier alpha value is -2.21. The number of aryl methyl sites for hydroxylation is 1.